The number of carbonyl (C=O) groups excluding carboxylic acids is 1. The molecule has 2 aromatic rings. The van der Waals surface area contributed by atoms with Gasteiger partial charge in [-0.3, -0.25) is 4.79 Å². The first-order valence-electron chi connectivity index (χ1n) is 8.69. The monoisotopic (exact) mass is 406 g/mol. The minimum atomic E-state index is -3.56. The fraction of sp³-hybridized carbons (Fsp3) is 0.368. The summed E-state index contributed by atoms with van der Waals surface area (Å²) in [6, 6.07) is 10.7. The van der Waals surface area contributed by atoms with Crippen LogP contribution in [0.5, 0.6) is 0 Å². The van der Waals surface area contributed by atoms with Crippen LogP contribution in [0.3, 0.4) is 0 Å². The van der Waals surface area contributed by atoms with Gasteiger partial charge in [0, 0.05) is 24.8 Å². The topological polar surface area (TPSA) is 76.6 Å². The third kappa shape index (κ3) is 4.76. The molecular formula is C19H22N2O4S2. The van der Waals surface area contributed by atoms with E-state index in [0.29, 0.717) is 36.9 Å². The molecule has 1 aromatic heterocycles. The number of carbonyl (C=O) groups is 1. The van der Waals surface area contributed by atoms with Crippen LogP contribution in [-0.4, -0.2) is 55.0 Å². The zero-order valence-corrected chi connectivity index (χ0v) is 16.9. The molecule has 0 saturated carbocycles. The number of pyridine rings is 1. The van der Waals surface area contributed by atoms with Gasteiger partial charge in [-0.1, -0.05) is 41.6 Å². The second kappa shape index (κ2) is 8.52. The van der Waals surface area contributed by atoms with E-state index in [9.17, 15) is 13.2 Å². The number of hydrogen-bond acceptors (Lipinski definition) is 6. The molecule has 1 unspecified atom stereocenters. The lowest BCUT2D eigenvalue weighted by Crippen LogP contribution is -2.40. The second-order valence-electron chi connectivity index (χ2n) is 6.34. The Morgan fingerprint density at radius 3 is 2.41 bits per heavy atom. The van der Waals surface area contributed by atoms with Crippen molar-refractivity contribution in [2.24, 2.45) is 0 Å². The average molecular weight is 407 g/mol. The van der Waals surface area contributed by atoms with E-state index in [0.717, 1.165) is 5.56 Å². The third-order valence-electron chi connectivity index (χ3n) is 4.32. The first-order valence-corrected chi connectivity index (χ1v) is 11.0. The number of benzene rings is 1. The summed E-state index contributed by atoms with van der Waals surface area (Å²) in [5.41, 5.74) is 1.76. The lowest BCUT2D eigenvalue weighted by Gasteiger charge is -2.25. The Morgan fingerprint density at radius 2 is 1.81 bits per heavy atom. The van der Waals surface area contributed by atoms with E-state index in [1.807, 2.05) is 38.1 Å². The van der Waals surface area contributed by atoms with E-state index in [1.54, 1.807) is 12.1 Å². The maximum absolute atomic E-state index is 12.6. The molecule has 1 aromatic carbocycles. The minimum absolute atomic E-state index is 0.0202. The van der Waals surface area contributed by atoms with Gasteiger partial charge in [-0.05, 0) is 26.0 Å². The molecule has 1 atom stereocenters. The van der Waals surface area contributed by atoms with Crippen molar-refractivity contribution in [3.05, 3.63) is 53.7 Å². The molecule has 0 aliphatic carbocycles. The van der Waals surface area contributed by atoms with Crippen LogP contribution in [0.25, 0.3) is 0 Å². The molecule has 6 nitrogen and oxygen atoms in total. The molecule has 0 N–H and O–H groups in total. The Balaban J connectivity index is 1.68. The number of rotatable bonds is 6. The highest BCUT2D eigenvalue weighted by molar-refractivity contribution is 8.00. The van der Waals surface area contributed by atoms with E-state index < -0.39 is 10.0 Å². The molecular weight excluding hydrogens is 384 g/mol. The first kappa shape index (κ1) is 20.0. The van der Waals surface area contributed by atoms with Gasteiger partial charge in [0.1, 0.15) is 4.90 Å². The van der Waals surface area contributed by atoms with Gasteiger partial charge in [0.15, 0.2) is 5.78 Å². The molecule has 2 heterocycles. The van der Waals surface area contributed by atoms with Crippen LogP contribution >= 0.6 is 11.8 Å². The molecule has 1 aliphatic rings. The van der Waals surface area contributed by atoms with Gasteiger partial charge in [0.05, 0.1) is 23.5 Å². The number of ketones is 1. The summed E-state index contributed by atoms with van der Waals surface area (Å²) >= 11 is 1.32. The van der Waals surface area contributed by atoms with Crippen LogP contribution in [-0.2, 0) is 14.8 Å². The molecule has 0 bridgehead atoms. The molecule has 0 amide bonds. The van der Waals surface area contributed by atoms with Gasteiger partial charge < -0.3 is 4.74 Å². The van der Waals surface area contributed by atoms with Gasteiger partial charge in [0.25, 0.3) is 0 Å². The summed E-state index contributed by atoms with van der Waals surface area (Å²) in [4.78, 5) is 16.9. The normalized spacial score (nSPS) is 16.8. The van der Waals surface area contributed by atoms with E-state index in [-0.39, 0.29) is 15.9 Å². The van der Waals surface area contributed by atoms with Crippen molar-refractivity contribution in [3.63, 3.8) is 0 Å². The summed E-state index contributed by atoms with van der Waals surface area (Å²) < 4.78 is 31.8. The summed E-state index contributed by atoms with van der Waals surface area (Å²) in [5, 5.41) is 0.297. The molecule has 144 valence electrons. The van der Waals surface area contributed by atoms with E-state index in [1.165, 1.54) is 22.3 Å². The van der Waals surface area contributed by atoms with E-state index in [4.69, 9.17) is 4.74 Å². The van der Waals surface area contributed by atoms with Gasteiger partial charge in [-0.2, -0.15) is 4.31 Å². The predicted molar refractivity (Wildman–Crippen MR) is 105 cm³/mol. The zero-order chi connectivity index (χ0) is 19.4. The van der Waals surface area contributed by atoms with Crippen molar-refractivity contribution in [3.8, 4) is 0 Å². The largest absolute Gasteiger partial charge is 0.379 e. The van der Waals surface area contributed by atoms with E-state index in [2.05, 4.69) is 4.98 Å². The Labute approximate surface area is 164 Å². The summed E-state index contributed by atoms with van der Waals surface area (Å²) in [6.07, 6.45) is 1.36. The molecule has 1 saturated heterocycles. The molecule has 3 rings (SSSR count). The van der Waals surface area contributed by atoms with Crippen molar-refractivity contribution in [2.45, 2.75) is 29.0 Å². The van der Waals surface area contributed by atoms with Crippen LogP contribution in [0.15, 0.2) is 52.5 Å². The molecule has 0 radical (unpaired) electrons. The molecule has 8 heteroatoms. The maximum atomic E-state index is 12.6. The van der Waals surface area contributed by atoms with Gasteiger partial charge >= 0.3 is 0 Å². The highest BCUT2D eigenvalue weighted by Crippen LogP contribution is 2.26. The summed E-state index contributed by atoms with van der Waals surface area (Å²) in [5.74, 6) is 0.0202. The highest BCUT2D eigenvalue weighted by atomic mass is 32.2. The van der Waals surface area contributed by atoms with Crippen molar-refractivity contribution < 1.29 is 17.9 Å². The highest BCUT2D eigenvalue weighted by Gasteiger charge is 2.26. The summed E-state index contributed by atoms with van der Waals surface area (Å²) in [6.45, 7) is 5.30. The first-order chi connectivity index (χ1) is 12.9. The number of ether oxygens (including phenoxy) is 1. The maximum Gasteiger partial charge on any atom is 0.244 e. The van der Waals surface area contributed by atoms with Gasteiger partial charge in [-0.15, -0.1) is 0 Å². The Bertz CT molecular complexity index is 890. The number of thioether (sulfide) groups is 1. The fourth-order valence-corrected chi connectivity index (χ4v) is 4.93. The van der Waals surface area contributed by atoms with Crippen LogP contribution in [0, 0.1) is 6.92 Å². The number of Topliss-reactive ketones (excluding diaryl/α,β-unsaturated/α-hetero) is 1. The number of aromatic nitrogens is 1. The lowest BCUT2D eigenvalue weighted by atomic mass is 10.1. The van der Waals surface area contributed by atoms with Crippen molar-refractivity contribution in [1.29, 1.82) is 0 Å². The van der Waals surface area contributed by atoms with Crippen molar-refractivity contribution >= 4 is 27.6 Å². The summed E-state index contributed by atoms with van der Waals surface area (Å²) in [7, 11) is -3.56. The molecule has 1 fully saturated rings. The zero-order valence-electron chi connectivity index (χ0n) is 15.3. The number of aryl methyl sites for hydroxylation is 1. The smallest absolute Gasteiger partial charge is 0.244 e. The van der Waals surface area contributed by atoms with Crippen LogP contribution in [0.4, 0.5) is 0 Å². The Morgan fingerprint density at radius 1 is 1.15 bits per heavy atom. The average Bonchev–Trinajstić information content (AvgIpc) is 2.69. The molecule has 0 spiro atoms. The number of hydrogen-bond donors (Lipinski definition) is 0. The van der Waals surface area contributed by atoms with Crippen LogP contribution < -0.4 is 0 Å². The van der Waals surface area contributed by atoms with Gasteiger partial charge in [0.2, 0.25) is 10.0 Å². The Hall–Kier alpha value is -1.74. The lowest BCUT2D eigenvalue weighted by molar-refractivity contribution is 0.0730. The van der Waals surface area contributed by atoms with Crippen molar-refractivity contribution in [2.75, 3.05) is 26.3 Å². The van der Waals surface area contributed by atoms with E-state index >= 15 is 0 Å². The third-order valence-corrected chi connectivity index (χ3v) is 7.25. The SMILES string of the molecule is Cc1ccc(C(=O)C(C)Sc2ccc(S(=O)(=O)N3CCOCC3)cn2)cc1. The minimum Gasteiger partial charge on any atom is -0.379 e. The number of sulfonamides is 1. The van der Waals surface area contributed by atoms with Gasteiger partial charge in [-0.25, -0.2) is 13.4 Å². The number of morpholine rings is 1. The second-order valence-corrected chi connectivity index (χ2v) is 9.64. The predicted octanol–water partition coefficient (Wildman–Crippen LogP) is 2.77. The standard InChI is InChI=1S/C19H22N2O4S2/c1-14-3-5-16(6-4-14)19(22)15(2)26-18-8-7-17(13-20-18)27(23,24)21-9-11-25-12-10-21/h3-8,13,15H,9-12H2,1-2H3. The number of nitrogens with zero attached hydrogens (tertiary/aromatic N) is 2. The Kier molecular flexibility index (Phi) is 6.31. The molecule has 1 aliphatic heterocycles. The fourth-order valence-electron chi connectivity index (χ4n) is 2.71. The van der Waals surface area contributed by atoms with Crippen molar-refractivity contribution in [1.82, 2.24) is 9.29 Å². The van der Waals surface area contributed by atoms with Crippen LogP contribution in [0.2, 0.25) is 0 Å². The van der Waals surface area contributed by atoms with Crippen LogP contribution in [0.1, 0.15) is 22.8 Å². The molecule has 27 heavy (non-hydrogen) atoms. The quantitative estimate of drug-likeness (QED) is 0.542.